The molecule has 0 saturated carbocycles. The molecule has 8 nitrogen and oxygen atoms in total. The Labute approximate surface area is 159 Å². The number of non-ortho nitro benzene ring substituents is 1. The summed E-state index contributed by atoms with van der Waals surface area (Å²) in [7, 11) is 0. The topological polar surface area (TPSA) is 111 Å². The Morgan fingerprint density at radius 1 is 0.893 bits per heavy atom. The number of hydrogen-bond acceptors (Lipinski definition) is 7. The van der Waals surface area contributed by atoms with E-state index >= 15 is 0 Å². The fraction of sp³-hybridized carbons (Fsp3) is 0. The molecule has 0 atom stereocenters. The molecule has 0 radical (unpaired) electrons. The average molecular weight is 375 g/mol. The van der Waals surface area contributed by atoms with E-state index in [-0.39, 0.29) is 22.6 Å². The monoisotopic (exact) mass is 375 g/mol. The van der Waals surface area contributed by atoms with Crippen LogP contribution in [-0.2, 0) is 0 Å². The number of rotatable bonds is 6. The van der Waals surface area contributed by atoms with Crippen LogP contribution in [0.2, 0.25) is 0 Å². The van der Waals surface area contributed by atoms with Gasteiger partial charge in [-0.15, -0.1) is 0 Å². The van der Waals surface area contributed by atoms with E-state index in [2.05, 4.69) is 10.2 Å². The molecule has 0 bridgehead atoms. The van der Waals surface area contributed by atoms with E-state index in [1.807, 2.05) is 0 Å². The van der Waals surface area contributed by atoms with Crippen molar-refractivity contribution in [2.45, 2.75) is 0 Å². The van der Waals surface area contributed by atoms with E-state index in [1.165, 1.54) is 42.5 Å². The highest BCUT2D eigenvalue weighted by atomic mass is 16.6. The second-order valence-corrected chi connectivity index (χ2v) is 5.57. The number of aldehydes is 1. The van der Waals surface area contributed by atoms with Crippen molar-refractivity contribution in [2.24, 2.45) is 10.2 Å². The molecule has 0 heterocycles. The zero-order valence-corrected chi connectivity index (χ0v) is 14.4. The fourth-order valence-electron chi connectivity index (χ4n) is 2.25. The first-order chi connectivity index (χ1) is 13.6. The Balaban J connectivity index is 1.68. The molecule has 138 valence electrons. The van der Waals surface area contributed by atoms with Crippen molar-refractivity contribution in [3.05, 3.63) is 94.0 Å². The number of carbonyl (C=O) groups excluding carboxylic acids is 2. The molecule has 28 heavy (non-hydrogen) atoms. The Morgan fingerprint density at radius 3 is 2.04 bits per heavy atom. The Hall–Kier alpha value is -4.20. The second kappa shape index (κ2) is 8.45. The van der Waals surface area contributed by atoms with Gasteiger partial charge in [0, 0.05) is 12.1 Å². The van der Waals surface area contributed by atoms with Crippen LogP contribution in [0.15, 0.2) is 83.0 Å². The SMILES string of the molecule is O=Cc1ccccc1OC(=O)c1ccc(N=Nc2ccc([N+](=O)[O-])cc2)cc1. The molecule has 0 amide bonds. The molecule has 0 unspecified atom stereocenters. The Kier molecular flexibility index (Phi) is 5.61. The summed E-state index contributed by atoms with van der Waals surface area (Å²) >= 11 is 0. The molecular formula is C20H13N3O5. The quantitative estimate of drug-likeness (QED) is 0.150. The second-order valence-electron chi connectivity index (χ2n) is 5.57. The third-order valence-corrected chi connectivity index (χ3v) is 3.69. The number of nitro groups is 1. The molecule has 0 saturated heterocycles. The van der Waals surface area contributed by atoms with Crippen molar-refractivity contribution < 1.29 is 19.2 Å². The lowest BCUT2D eigenvalue weighted by Gasteiger charge is -2.06. The standard InChI is InChI=1S/C20H13N3O5/c24-13-15-3-1-2-4-19(15)28-20(25)14-5-7-16(8-6-14)21-22-17-9-11-18(12-10-17)23(26)27/h1-13H. The number of esters is 1. The average Bonchev–Trinajstić information content (AvgIpc) is 2.73. The van der Waals surface area contributed by atoms with Crippen molar-refractivity contribution in [1.82, 2.24) is 0 Å². The largest absolute Gasteiger partial charge is 0.422 e. The van der Waals surface area contributed by atoms with Crippen molar-refractivity contribution in [3.63, 3.8) is 0 Å². The van der Waals surface area contributed by atoms with Gasteiger partial charge >= 0.3 is 5.97 Å². The molecular weight excluding hydrogens is 362 g/mol. The number of para-hydroxylation sites is 1. The van der Waals surface area contributed by atoms with Crippen LogP contribution in [0.5, 0.6) is 5.75 Å². The number of benzene rings is 3. The molecule has 0 aliphatic carbocycles. The summed E-state index contributed by atoms with van der Waals surface area (Å²) in [5.74, 6) is -0.419. The molecule has 0 aliphatic heterocycles. The summed E-state index contributed by atoms with van der Waals surface area (Å²) in [4.78, 5) is 33.3. The van der Waals surface area contributed by atoms with E-state index in [0.29, 0.717) is 17.7 Å². The van der Waals surface area contributed by atoms with Gasteiger partial charge in [0.25, 0.3) is 5.69 Å². The van der Waals surface area contributed by atoms with Crippen LogP contribution in [0.25, 0.3) is 0 Å². The fourth-order valence-corrected chi connectivity index (χ4v) is 2.25. The molecule has 0 spiro atoms. The summed E-state index contributed by atoms with van der Waals surface area (Å²) in [6.07, 6.45) is 0.615. The first kappa shape index (κ1) is 18.6. The van der Waals surface area contributed by atoms with Crippen LogP contribution in [0.3, 0.4) is 0 Å². The number of carbonyl (C=O) groups is 2. The van der Waals surface area contributed by atoms with Gasteiger partial charge in [0.1, 0.15) is 5.75 Å². The van der Waals surface area contributed by atoms with Crippen LogP contribution in [0, 0.1) is 10.1 Å². The van der Waals surface area contributed by atoms with Crippen LogP contribution in [0.4, 0.5) is 17.1 Å². The molecule has 8 heteroatoms. The van der Waals surface area contributed by atoms with Gasteiger partial charge in [-0.3, -0.25) is 14.9 Å². The van der Waals surface area contributed by atoms with Crippen LogP contribution < -0.4 is 4.74 Å². The van der Waals surface area contributed by atoms with Gasteiger partial charge in [0.2, 0.25) is 0 Å². The van der Waals surface area contributed by atoms with Gasteiger partial charge in [0.05, 0.1) is 27.4 Å². The summed E-state index contributed by atoms with van der Waals surface area (Å²) < 4.78 is 5.24. The van der Waals surface area contributed by atoms with E-state index in [1.54, 1.807) is 30.3 Å². The molecule has 0 aliphatic rings. The number of hydrogen-bond donors (Lipinski definition) is 0. The molecule has 3 rings (SSSR count). The van der Waals surface area contributed by atoms with E-state index in [0.717, 1.165) is 0 Å². The van der Waals surface area contributed by atoms with Crippen LogP contribution >= 0.6 is 0 Å². The van der Waals surface area contributed by atoms with Gasteiger partial charge in [-0.05, 0) is 48.5 Å². The van der Waals surface area contributed by atoms with Gasteiger partial charge in [-0.25, -0.2) is 4.79 Å². The van der Waals surface area contributed by atoms with Gasteiger partial charge < -0.3 is 4.74 Å². The highest BCUT2D eigenvalue weighted by molar-refractivity contribution is 5.92. The van der Waals surface area contributed by atoms with Crippen molar-refractivity contribution in [2.75, 3.05) is 0 Å². The third-order valence-electron chi connectivity index (χ3n) is 3.69. The number of nitro benzene ring substituents is 1. The number of nitrogens with zero attached hydrogens (tertiary/aromatic N) is 3. The smallest absolute Gasteiger partial charge is 0.343 e. The predicted molar refractivity (Wildman–Crippen MR) is 101 cm³/mol. The number of azo groups is 1. The first-order valence-electron chi connectivity index (χ1n) is 8.09. The minimum atomic E-state index is -0.604. The highest BCUT2D eigenvalue weighted by Gasteiger charge is 2.11. The third kappa shape index (κ3) is 4.50. The van der Waals surface area contributed by atoms with Crippen molar-refractivity contribution in [1.29, 1.82) is 0 Å². The first-order valence-corrected chi connectivity index (χ1v) is 8.09. The maximum atomic E-state index is 12.2. The summed E-state index contributed by atoms with van der Waals surface area (Å²) in [6.45, 7) is 0. The normalized spacial score (nSPS) is 10.6. The zero-order valence-electron chi connectivity index (χ0n) is 14.4. The molecule has 0 N–H and O–H groups in total. The minimum absolute atomic E-state index is 0.0297. The van der Waals surface area contributed by atoms with Gasteiger partial charge in [0.15, 0.2) is 6.29 Å². The van der Waals surface area contributed by atoms with Crippen molar-refractivity contribution >= 4 is 29.3 Å². The molecule has 0 aromatic heterocycles. The lowest BCUT2D eigenvalue weighted by atomic mass is 10.2. The summed E-state index contributed by atoms with van der Waals surface area (Å²) in [5, 5.41) is 18.6. The van der Waals surface area contributed by atoms with Gasteiger partial charge in [-0.2, -0.15) is 10.2 Å². The number of ether oxygens (including phenoxy) is 1. The van der Waals surface area contributed by atoms with Gasteiger partial charge in [-0.1, -0.05) is 12.1 Å². The molecule has 0 fully saturated rings. The molecule has 3 aromatic carbocycles. The zero-order chi connectivity index (χ0) is 19.9. The Bertz CT molecular complexity index is 1040. The van der Waals surface area contributed by atoms with Crippen LogP contribution in [0.1, 0.15) is 20.7 Å². The summed E-state index contributed by atoms with van der Waals surface area (Å²) in [5.41, 5.74) is 1.49. The lowest BCUT2D eigenvalue weighted by Crippen LogP contribution is -2.09. The predicted octanol–water partition coefficient (Wildman–Crippen LogP) is 5.04. The lowest BCUT2D eigenvalue weighted by molar-refractivity contribution is -0.384. The van der Waals surface area contributed by atoms with E-state index in [9.17, 15) is 19.7 Å². The Morgan fingerprint density at radius 2 is 1.46 bits per heavy atom. The molecule has 3 aromatic rings. The summed E-state index contributed by atoms with van der Waals surface area (Å²) in [6, 6.07) is 18.3. The minimum Gasteiger partial charge on any atom is -0.422 e. The van der Waals surface area contributed by atoms with Crippen molar-refractivity contribution in [3.8, 4) is 5.75 Å². The van der Waals surface area contributed by atoms with E-state index in [4.69, 9.17) is 4.74 Å². The van der Waals surface area contributed by atoms with Crippen LogP contribution in [-0.4, -0.2) is 17.2 Å². The maximum Gasteiger partial charge on any atom is 0.343 e. The maximum absolute atomic E-state index is 12.2. The highest BCUT2D eigenvalue weighted by Crippen LogP contribution is 2.22. The van der Waals surface area contributed by atoms with E-state index < -0.39 is 10.9 Å².